The minimum atomic E-state index is -3.92. The van der Waals surface area contributed by atoms with Crippen LogP contribution in [0.2, 0.25) is 13.1 Å². The Morgan fingerprint density at radius 2 is 0.969 bits per heavy atom. The Balaban J connectivity index is 0.000000395. The molecule has 0 spiro atoms. The molecule has 0 aromatic heterocycles. The first-order chi connectivity index (χ1) is 14.7. The van der Waals surface area contributed by atoms with Crippen LogP contribution in [0, 0.1) is 12.5 Å². The van der Waals surface area contributed by atoms with Gasteiger partial charge in [0.1, 0.15) is 20.2 Å². The van der Waals surface area contributed by atoms with Crippen LogP contribution < -0.4 is 0 Å². The second-order valence-corrected chi connectivity index (χ2v) is 18.2. The summed E-state index contributed by atoms with van der Waals surface area (Å²) in [6, 6.07) is 29.3. The molecule has 0 amide bonds. The van der Waals surface area contributed by atoms with Crippen LogP contribution >= 0.6 is 0 Å². The normalized spacial score (nSPS) is 10.2. The van der Waals surface area contributed by atoms with E-state index in [4.69, 9.17) is 25.9 Å². The fourth-order valence-corrected chi connectivity index (χ4v) is 2.14. The van der Waals surface area contributed by atoms with Crippen LogP contribution in [-0.4, -0.2) is 31.4 Å². The van der Waals surface area contributed by atoms with Crippen molar-refractivity contribution in [3.8, 4) is 0 Å². The molecule has 10 heteroatoms. The first-order valence-corrected chi connectivity index (χ1v) is 18.4. The van der Waals surface area contributed by atoms with Crippen molar-refractivity contribution in [3.05, 3.63) is 97.4 Å². The fourth-order valence-electron chi connectivity index (χ4n) is 2.14. The molecule has 0 radical (unpaired) electrons. The third-order valence-corrected chi connectivity index (χ3v) is 3.10. The van der Waals surface area contributed by atoms with Gasteiger partial charge < -0.3 is 9.11 Å². The second-order valence-electron chi connectivity index (χ2n) is 6.47. The summed E-state index contributed by atoms with van der Waals surface area (Å²) in [7, 11) is -7.83. The van der Waals surface area contributed by atoms with Crippen molar-refractivity contribution in [2.45, 2.75) is 13.1 Å². The van der Waals surface area contributed by atoms with Gasteiger partial charge in [0.05, 0.1) is 0 Å². The molecule has 4 rings (SSSR count). The molecule has 0 aliphatic heterocycles. The number of hydrogen-bond donors (Lipinski definition) is 2. The standard InChI is InChI=1S/2C9H7.C2H6Si.2CH3O3S.Zr/c2*1-2-5-9-7-3-6-8(9)4-1;1-3-2;2*1-5(2,3)4;/h2*1-7H;1-2H3;2*1H2,(H,2,3,4);/q2*-1;;2*-1;. The monoisotopic (exact) mass is 568 g/mol. The molecule has 0 fully saturated rings. The van der Waals surface area contributed by atoms with Gasteiger partial charge in [-0.25, -0.2) is 16.8 Å². The SMILES string of the molecule is C[Si](C)=[Zr].[CH2-]S(=O)(=O)O.[CH2-]S(=O)(=O)O.c1ccc2[cH-]ccc2c1.c1ccc2[cH-]ccc2c1. The molecule has 0 aliphatic carbocycles. The molecular weight excluding hydrogens is 544 g/mol. The van der Waals surface area contributed by atoms with Crippen molar-refractivity contribution in [2.24, 2.45) is 0 Å². The average Bonchev–Trinajstić information content (AvgIpc) is 3.28. The molecule has 0 aliphatic rings. The van der Waals surface area contributed by atoms with Crippen molar-refractivity contribution in [1.29, 1.82) is 0 Å². The van der Waals surface area contributed by atoms with Crippen LogP contribution in [-0.2, 0) is 43.6 Å². The van der Waals surface area contributed by atoms with Crippen molar-refractivity contribution < 1.29 is 49.3 Å². The minimum absolute atomic E-state index is 0.210. The summed E-state index contributed by atoms with van der Waals surface area (Å²) < 4.78 is 51.1. The zero-order valence-corrected chi connectivity index (χ0v) is 22.9. The Kier molecular flexibility index (Phi) is 14.7. The van der Waals surface area contributed by atoms with Crippen LogP contribution in [0.15, 0.2) is 84.9 Å². The maximum Gasteiger partial charge on any atom is 0.131 e. The summed E-state index contributed by atoms with van der Waals surface area (Å²) in [5.74, 6) is 0. The van der Waals surface area contributed by atoms with Gasteiger partial charge in [-0.05, 0) is 0 Å². The molecule has 4 aromatic rings. The predicted molar refractivity (Wildman–Crippen MR) is 130 cm³/mol. The van der Waals surface area contributed by atoms with Gasteiger partial charge in [-0.15, -0.1) is 59.3 Å². The van der Waals surface area contributed by atoms with Crippen LogP contribution in [0.3, 0.4) is 0 Å². The maximum absolute atomic E-state index is 9.08. The summed E-state index contributed by atoms with van der Waals surface area (Å²) in [4.78, 5) is 0. The van der Waals surface area contributed by atoms with Gasteiger partial charge in [0.15, 0.2) is 0 Å². The van der Waals surface area contributed by atoms with E-state index in [1.807, 2.05) is 0 Å². The Bertz CT molecular complexity index is 1120. The minimum Gasteiger partial charge on any atom is -0.310 e. The van der Waals surface area contributed by atoms with Gasteiger partial charge in [-0.2, -0.15) is 47.5 Å². The molecule has 0 bridgehead atoms. The number of benzene rings is 2. The van der Waals surface area contributed by atoms with E-state index in [-0.39, 0.29) is 5.43 Å². The Morgan fingerprint density at radius 3 is 1.22 bits per heavy atom. The van der Waals surface area contributed by atoms with Gasteiger partial charge >= 0.3 is 41.9 Å². The van der Waals surface area contributed by atoms with Gasteiger partial charge in [0, 0.05) is 0 Å². The molecular formula is C22H26O6S2SiZr-4. The van der Waals surface area contributed by atoms with Crippen molar-refractivity contribution >= 4 is 47.2 Å². The Hall–Kier alpha value is -1.42. The van der Waals surface area contributed by atoms with Gasteiger partial charge in [0.2, 0.25) is 0 Å². The van der Waals surface area contributed by atoms with E-state index in [2.05, 4.69) is 111 Å². The molecule has 6 nitrogen and oxygen atoms in total. The van der Waals surface area contributed by atoms with Crippen LogP contribution in [0.1, 0.15) is 0 Å². The molecule has 174 valence electrons. The number of fused-ring (bicyclic) bond motifs is 2. The molecule has 4 aromatic carbocycles. The van der Waals surface area contributed by atoms with Crippen molar-refractivity contribution in [1.82, 2.24) is 0 Å². The average molecular weight is 570 g/mol. The van der Waals surface area contributed by atoms with Crippen molar-refractivity contribution in [3.63, 3.8) is 0 Å². The largest absolute Gasteiger partial charge is 0.310 e. The van der Waals surface area contributed by atoms with E-state index in [9.17, 15) is 0 Å². The van der Waals surface area contributed by atoms with E-state index in [0.29, 0.717) is 0 Å². The molecule has 2 N–H and O–H groups in total. The van der Waals surface area contributed by atoms with E-state index >= 15 is 0 Å². The zero-order valence-electron chi connectivity index (χ0n) is 17.8. The third-order valence-electron chi connectivity index (χ3n) is 3.10. The van der Waals surface area contributed by atoms with Crippen LogP contribution in [0.25, 0.3) is 21.5 Å². The molecule has 32 heavy (non-hydrogen) atoms. The predicted octanol–water partition coefficient (Wildman–Crippen LogP) is 5.23. The van der Waals surface area contributed by atoms with Crippen LogP contribution in [0.4, 0.5) is 0 Å². The summed E-state index contributed by atoms with van der Waals surface area (Å²) in [6.07, 6.45) is 4.60. The first-order valence-electron chi connectivity index (χ1n) is 9.00. The van der Waals surface area contributed by atoms with E-state index in [0.717, 1.165) is 0 Å². The van der Waals surface area contributed by atoms with Gasteiger partial charge in [0.25, 0.3) is 0 Å². The van der Waals surface area contributed by atoms with Crippen molar-refractivity contribution in [2.75, 3.05) is 0 Å². The quantitative estimate of drug-likeness (QED) is 0.170. The summed E-state index contributed by atoms with van der Waals surface area (Å²) >= 11 is 1.74. The summed E-state index contributed by atoms with van der Waals surface area (Å²) in [5.41, 5.74) is 0.210. The molecule has 0 saturated heterocycles. The Labute approximate surface area is 205 Å². The second kappa shape index (κ2) is 15.4. The van der Waals surface area contributed by atoms with Crippen LogP contribution in [0.5, 0.6) is 0 Å². The zero-order chi connectivity index (χ0) is 24.8. The van der Waals surface area contributed by atoms with E-state index in [1.165, 1.54) is 21.5 Å². The topological polar surface area (TPSA) is 109 Å². The smallest absolute Gasteiger partial charge is 0.131 e. The molecule has 0 heterocycles. The van der Waals surface area contributed by atoms with Gasteiger partial charge in [-0.3, -0.25) is 0 Å². The fraction of sp³-hybridized carbons (Fsp3) is 0.0909. The third kappa shape index (κ3) is 20.5. The summed E-state index contributed by atoms with van der Waals surface area (Å²) in [5, 5.41) is 5.32. The Morgan fingerprint density at radius 1 is 0.719 bits per heavy atom. The maximum atomic E-state index is 9.08. The molecule has 0 saturated carbocycles. The summed E-state index contributed by atoms with van der Waals surface area (Å²) in [6.45, 7) is 4.62. The van der Waals surface area contributed by atoms with E-state index < -0.39 is 20.2 Å². The first kappa shape index (κ1) is 30.6. The van der Waals surface area contributed by atoms with E-state index in [1.54, 1.807) is 23.3 Å². The molecule has 0 atom stereocenters. The number of hydrogen-bond acceptors (Lipinski definition) is 4. The van der Waals surface area contributed by atoms with Gasteiger partial charge in [-0.1, -0.05) is 12.1 Å². The molecule has 0 unspecified atom stereocenters. The number of rotatable bonds is 0.